The van der Waals surface area contributed by atoms with Gasteiger partial charge in [-0.1, -0.05) is 22.0 Å². The van der Waals surface area contributed by atoms with Crippen molar-refractivity contribution in [3.8, 4) is 5.69 Å². The standard InChI is InChI=1S/C9H7BrN4O/c10-6-2-1-3-7(4-6)14-5-12-9(13-14)8(11)15/h1-5H,(H2,11,15). The number of halogens is 1. The van der Waals surface area contributed by atoms with Crippen LogP contribution >= 0.6 is 15.9 Å². The Balaban J connectivity index is 2.41. The lowest BCUT2D eigenvalue weighted by Crippen LogP contribution is -2.13. The maximum absolute atomic E-state index is 10.8. The molecule has 15 heavy (non-hydrogen) atoms. The molecule has 0 saturated heterocycles. The summed E-state index contributed by atoms with van der Waals surface area (Å²) in [5.74, 6) is -0.626. The number of carbonyl (C=O) groups excluding carboxylic acids is 1. The maximum Gasteiger partial charge on any atom is 0.288 e. The van der Waals surface area contributed by atoms with E-state index in [1.54, 1.807) is 0 Å². The van der Waals surface area contributed by atoms with Gasteiger partial charge in [0.1, 0.15) is 6.33 Å². The Morgan fingerprint density at radius 2 is 2.27 bits per heavy atom. The van der Waals surface area contributed by atoms with Gasteiger partial charge in [0.05, 0.1) is 5.69 Å². The van der Waals surface area contributed by atoms with E-state index in [2.05, 4.69) is 26.0 Å². The molecule has 0 aliphatic rings. The second kappa shape index (κ2) is 3.82. The lowest BCUT2D eigenvalue weighted by Gasteiger charge is -1.99. The molecule has 2 N–H and O–H groups in total. The van der Waals surface area contributed by atoms with Crippen molar-refractivity contribution in [1.82, 2.24) is 14.8 Å². The number of rotatable bonds is 2. The Morgan fingerprint density at radius 1 is 1.47 bits per heavy atom. The van der Waals surface area contributed by atoms with Gasteiger partial charge in [-0.05, 0) is 18.2 Å². The molecule has 1 aromatic heterocycles. The zero-order chi connectivity index (χ0) is 10.8. The minimum atomic E-state index is -0.635. The number of aromatic nitrogens is 3. The molecule has 0 fully saturated rings. The van der Waals surface area contributed by atoms with Crippen molar-refractivity contribution < 1.29 is 4.79 Å². The van der Waals surface area contributed by atoms with Crippen LogP contribution in [-0.4, -0.2) is 20.7 Å². The first kappa shape index (κ1) is 9.85. The highest BCUT2D eigenvalue weighted by Gasteiger charge is 2.07. The average Bonchev–Trinajstić information content (AvgIpc) is 2.66. The Hall–Kier alpha value is -1.69. The van der Waals surface area contributed by atoms with E-state index in [9.17, 15) is 4.79 Å². The number of primary amides is 1. The molecule has 6 heteroatoms. The van der Waals surface area contributed by atoms with Crippen molar-refractivity contribution in [2.24, 2.45) is 5.73 Å². The van der Waals surface area contributed by atoms with Gasteiger partial charge < -0.3 is 5.73 Å². The Kier molecular flexibility index (Phi) is 2.51. The van der Waals surface area contributed by atoms with Crippen LogP contribution in [-0.2, 0) is 0 Å². The predicted octanol–water partition coefficient (Wildman–Crippen LogP) is 1.13. The fraction of sp³-hybridized carbons (Fsp3) is 0. The first-order valence-electron chi connectivity index (χ1n) is 4.14. The van der Waals surface area contributed by atoms with E-state index < -0.39 is 5.91 Å². The van der Waals surface area contributed by atoms with Crippen molar-refractivity contribution in [1.29, 1.82) is 0 Å². The van der Waals surface area contributed by atoms with Crippen molar-refractivity contribution in [2.45, 2.75) is 0 Å². The Bertz CT molecular complexity index is 508. The first-order valence-corrected chi connectivity index (χ1v) is 4.93. The molecule has 1 heterocycles. The van der Waals surface area contributed by atoms with Gasteiger partial charge in [0.2, 0.25) is 5.82 Å². The quantitative estimate of drug-likeness (QED) is 0.886. The third kappa shape index (κ3) is 2.04. The molecular weight excluding hydrogens is 260 g/mol. The second-order valence-electron chi connectivity index (χ2n) is 2.86. The number of hydrogen-bond acceptors (Lipinski definition) is 3. The summed E-state index contributed by atoms with van der Waals surface area (Å²) in [5, 5.41) is 3.93. The van der Waals surface area contributed by atoms with Crippen LogP contribution in [0, 0.1) is 0 Å². The first-order chi connectivity index (χ1) is 7.16. The van der Waals surface area contributed by atoms with E-state index in [0.717, 1.165) is 10.2 Å². The maximum atomic E-state index is 10.8. The molecule has 76 valence electrons. The number of carbonyl (C=O) groups is 1. The lowest BCUT2D eigenvalue weighted by molar-refractivity contribution is 0.0990. The molecule has 2 aromatic rings. The van der Waals surface area contributed by atoms with Gasteiger partial charge in [0, 0.05) is 4.47 Å². The van der Waals surface area contributed by atoms with Crippen molar-refractivity contribution in [2.75, 3.05) is 0 Å². The summed E-state index contributed by atoms with van der Waals surface area (Å²) in [6, 6.07) is 7.48. The van der Waals surface area contributed by atoms with Crippen LogP contribution in [0.15, 0.2) is 35.1 Å². The molecule has 0 unspecified atom stereocenters. The van der Waals surface area contributed by atoms with E-state index >= 15 is 0 Å². The fourth-order valence-corrected chi connectivity index (χ4v) is 1.51. The number of hydrogen-bond donors (Lipinski definition) is 1. The van der Waals surface area contributed by atoms with E-state index in [1.165, 1.54) is 11.0 Å². The summed E-state index contributed by atoms with van der Waals surface area (Å²) in [4.78, 5) is 14.6. The van der Waals surface area contributed by atoms with Crippen LogP contribution in [0.4, 0.5) is 0 Å². The van der Waals surface area contributed by atoms with Gasteiger partial charge in [-0.15, -0.1) is 5.10 Å². The van der Waals surface area contributed by atoms with E-state index in [4.69, 9.17) is 5.73 Å². The molecule has 5 nitrogen and oxygen atoms in total. The molecule has 1 aromatic carbocycles. The fourth-order valence-electron chi connectivity index (χ4n) is 1.12. The number of nitrogens with zero attached hydrogens (tertiary/aromatic N) is 3. The summed E-state index contributed by atoms with van der Waals surface area (Å²) in [7, 11) is 0. The average molecular weight is 267 g/mol. The third-order valence-electron chi connectivity index (χ3n) is 1.78. The topological polar surface area (TPSA) is 73.8 Å². The highest BCUT2D eigenvalue weighted by Crippen LogP contribution is 2.14. The van der Waals surface area contributed by atoms with Gasteiger partial charge in [-0.3, -0.25) is 4.79 Å². The molecule has 0 saturated carbocycles. The van der Waals surface area contributed by atoms with Crippen molar-refractivity contribution in [3.05, 3.63) is 40.9 Å². The van der Waals surface area contributed by atoms with Crippen LogP contribution in [0.5, 0.6) is 0 Å². The molecule has 0 spiro atoms. The summed E-state index contributed by atoms with van der Waals surface area (Å²) in [6.45, 7) is 0. The van der Waals surface area contributed by atoms with E-state index in [0.29, 0.717) is 0 Å². The lowest BCUT2D eigenvalue weighted by atomic mass is 10.3. The number of nitrogens with two attached hydrogens (primary N) is 1. The van der Waals surface area contributed by atoms with Crippen LogP contribution in [0.3, 0.4) is 0 Å². The molecule has 0 bridgehead atoms. The molecular formula is C9H7BrN4O. The minimum absolute atomic E-state index is 0.00924. The largest absolute Gasteiger partial charge is 0.363 e. The Labute approximate surface area is 94.0 Å². The Morgan fingerprint density at radius 3 is 2.87 bits per heavy atom. The van der Waals surface area contributed by atoms with Crippen LogP contribution in [0.2, 0.25) is 0 Å². The number of benzene rings is 1. The van der Waals surface area contributed by atoms with Crippen molar-refractivity contribution in [3.63, 3.8) is 0 Å². The highest BCUT2D eigenvalue weighted by molar-refractivity contribution is 9.10. The molecule has 0 atom stereocenters. The van der Waals surface area contributed by atoms with E-state index in [-0.39, 0.29) is 5.82 Å². The molecule has 0 aliphatic carbocycles. The molecule has 0 radical (unpaired) electrons. The molecule has 2 rings (SSSR count). The predicted molar refractivity (Wildman–Crippen MR) is 57.6 cm³/mol. The summed E-state index contributed by atoms with van der Waals surface area (Å²) < 4.78 is 2.42. The van der Waals surface area contributed by atoms with Gasteiger partial charge in [-0.25, -0.2) is 9.67 Å². The van der Waals surface area contributed by atoms with E-state index in [1.807, 2.05) is 24.3 Å². The summed E-state index contributed by atoms with van der Waals surface area (Å²) in [6.07, 6.45) is 1.45. The minimum Gasteiger partial charge on any atom is -0.363 e. The zero-order valence-electron chi connectivity index (χ0n) is 7.59. The third-order valence-corrected chi connectivity index (χ3v) is 2.28. The zero-order valence-corrected chi connectivity index (χ0v) is 9.18. The van der Waals surface area contributed by atoms with Crippen LogP contribution < -0.4 is 5.73 Å². The summed E-state index contributed by atoms with van der Waals surface area (Å²) in [5.41, 5.74) is 5.86. The second-order valence-corrected chi connectivity index (χ2v) is 3.77. The SMILES string of the molecule is NC(=O)c1ncn(-c2cccc(Br)c2)n1. The smallest absolute Gasteiger partial charge is 0.288 e. The van der Waals surface area contributed by atoms with Gasteiger partial charge in [0.15, 0.2) is 0 Å². The van der Waals surface area contributed by atoms with Crippen LogP contribution in [0.1, 0.15) is 10.6 Å². The monoisotopic (exact) mass is 266 g/mol. The van der Waals surface area contributed by atoms with Crippen molar-refractivity contribution >= 4 is 21.8 Å². The van der Waals surface area contributed by atoms with Gasteiger partial charge in [-0.2, -0.15) is 0 Å². The highest BCUT2D eigenvalue weighted by atomic mass is 79.9. The normalized spacial score (nSPS) is 10.2. The molecule has 0 aliphatic heterocycles. The van der Waals surface area contributed by atoms with Gasteiger partial charge >= 0.3 is 0 Å². The summed E-state index contributed by atoms with van der Waals surface area (Å²) >= 11 is 3.34. The van der Waals surface area contributed by atoms with Gasteiger partial charge in [0.25, 0.3) is 5.91 Å². The van der Waals surface area contributed by atoms with Crippen LogP contribution in [0.25, 0.3) is 5.69 Å². The number of amides is 1. The molecule has 1 amide bonds.